The maximum Gasteiger partial charge on any atom is 0.292 e. The minimum absolute atomic E-state index is 0.0430. The van der Waals surface area contributed by atoms with Crippen LogP contribution in [0.25, 0.3) is 0 Å². The third-order valence-corrected chi connectivity index (χ3v) is 4.47. The summed E-state index contributed by atoms with van der Waals surface area (Å²) in [4.78, 5) is 13.6. The second kappa shape index (κ2) is 6.34. The first-order chi connectivity index (χ1) is 9.45. The van der Waals surface area contributed by atoms with Gasteiger partial charge in [-0.2, -0.15) is 0 Å². The van der Waals surface area contributed by atoms with Crippen LogP contribution < -0.4 is 5.73 Å². The van der Waals surface area contributed by atoms with Crippen molar-refractivity contribution in [1.82, 2.24) is 4.90 Å². The second-order valence-corrected chi connectivity index (χ2v) is 6.47. The molecule has 0 saturated carbocycles. The van der Waals surface area contributed by atoms with Crippen molar-refractivity contribution < 1.29 is 4.92 Å². The molecule has 0 spiro atoms. The topological polar surface area (TPSA) is 72.4 Å². The van der Waals surface area contributed by atoms with Crippen LogP contribution in [0.1, 0.15) is 10.4 Å². The fourth-order valence-electron chi connectivity index (χ4n) is 1.94. The number of nitrogens with two attached hydrogens (primary N) is 1. The number of thiophene rings is 1. The highest BCUT2D eigenvalue weighted by molar-refractivity contribution is 9.10. The van der Waals surface area contributed by atoms with Crippen LogP contribution in [0.5, 0.6) is 0 Å². The van der Waals surface area contributed by atoms with E-state index in [-0.39, 0.29) is 11.4 Å². The number of nitrogen functional groups attached to an aromatic ring is 1. The first kappa shape index (κ1) is 15.0. The molecule has 1 aromatic heterocycles. The lowest BCUT2D eigenvalue weighted by Crippen LogP contribution is -2.16. The summed E-state index contributed by atoms with van der Waals surface area (Å²) in [6.07, 6.45) is 0. The van der Waals surface area contributed by atoms with E-state index in [4.69, 9.17) is 5.73 Å². The van der Waals surface area contributed by atoms with E-state index in [0.29, 0.717) is 6.54 Å². The van der Waals surface area contributed by atoms with Gasteiger partial charge in [-0.15, -0.1) is 11.3 Å². The zero-order chi connectivity index (χ0) is 14.7. The number of nitrogens with zero attached hydrogens (tertiary/aromatic N) is 2. The van der Waals surface area contributed by atoms with Crippen molar-refractivity contribution in [2.45, 2.75) is 13.1 Å². The Morgan fingerprint density at radius 3 is 2.70 bits per heavy atom. The SMILES string of the molecule is CN(Cc1ccc([N+](=O)[O-])c(N)c1)Cc1cc(Br)cs1. The van der Waals surface area contributed by atoms with E-state index in [1.165, 1.54) is 10.9 Å². The van der Waals surface area contributed by atoms with Gasteiger partial charge in [0.05, 0.1) is 4.92 Å². The highest BCUT2D eigenvalue weighted by Gasteiger charge is 2.12. The van der Waals surface area contributed by atoms with Gasteiger partial charge in [-0.3, -0.25) is 15.0 Å². The summed E-state index contributed by atoms with van der Waals surface area (Å²) < 4.78 is 1.09. The molecule has 0 atom stereocenters. The highest BCUT2D eigenvalue weighted by atomic mass is 79.9. The molecule has 0 amide bonds. The molecule has 1 heterocycles. The number of nitro benzene ring substituents is 1. The standard InChI is InChI=1S/C13H14BrN3O2S/c1-16(7-11-5-10(14)8-20-11)6-9-2-3-13(17(18)19)12(15)4-9/h2-5,8H,6-7,15H2,1H3. The Balaban J connectivity index is 2.02. The van der Waals surface area contributed by atoms with Crippen molar-refractivity contribution in [3.63, 3.8) is 0 Å². The molecule has 5 nitrogen and oxygen atoms in total. The van der Waals surface area contributed by atoms with Gasteiger partial charge >= 0.3 is 0 Å². The smallest absolute Gasteiger partial charge is 0.292 e. The summed E-state index contributed by atoms with van der Waals surface area (Å²) in [5.74, 6) is 0. The molecule has 2 N–H and O–H groups in total. The molecule has 0 aliphatic carbocycles. The monoisotopic (exact) mass is 355 g/mol. The molecule has 0 fully saturated rings. The minimum Gasteiger partial charge on any atom is -0.393 e. The van der Waals surface area contributed by atoms with E-state index >= 15 is 0 Å². The molecule has 0 aliphatic heterocycles. The van der Waals surface area contributed by atoms with Crippen LogP contribution in [0.4, 0.5) is 11.4 Å². The van der Waals surface area contributed by atoms with Crippen LogP contribution >= 0.6 is 27.3 Å². The molecule has 0 saturated heterocycles. The van der Waals surface area contributed by atoms with E-state index < -0.39 is 4.92 Å². The summed E-state index contributed by atoms with van der Waals surface area (Å²) in [5, 5.41) is 12.8. The first-order valence-electron chi connectivity index (χ1n) is 5.90. The number of benzene rings is 1. The summed E-state index contributed by atoms with van der Waals surface area (Å²) in [7, 11) is 2.01. The zero-order valence-electron chi connectivity index (χ0n) is 10.9. The Labute approximate surface area is 129 Å². The van der Waals surface area contributed by atoms with Gasteiger partial charge in [0.25, 0.3) is 5.69 Å². The number of anilines is 1. The van der Waals surface area contributed by atoms with Gasteiger partial charge in [0.1, 0.15) is 5.69 Å². The van der Waals surface area contributed by atoms with Crippen LogP contribution in [0, 0.1) is 10.1 Å². The maximum absolute atomic E-state index is 10.7. The van der Waals surface area contributed by atoms with Crippen LogP contribution in [-0.2, 0) is 13.1 Å². The molecule has 1 aromatic carbocycles. The van der Waals surface area contributed by atoms with Crippen LogP contribution in [0.2, 0.25) is 0 Å². The van der Waals surface area contributed by atoms with Crippen molar-refractivity contribution >= 4 is 38.6 Å². The molecular formula is C13H14BrN3O2S. The summed E-state index contributed by atoms with van der Waals surface area (Å²) in [6, 6.07) is 6.96. The molecule has 0 unspecified atom stereocenters. The van der Waals surface area contributed by atoms with Crippen LogP contribution in [-0.4, -0.2) is 16.9 Å². The average Bonchev–Trinajstić information content (AvgIpc) is 2.74. The van der Waals surface area contributed by atoms with Gasteiger partial charge in [-0.1, -0.05) is 6.07 Å². The fraction of sp³-hybridized carbons (Fsp3) is 0.231. The average molecular weight is 356 g/mol. The predicted molar refractivity (Wildman–Crippen MR) is 84.7 cm³/mol. The van der Waals surface area contributed by atoms with Gasteiger partial charge in [-0.25, -0.2) is 0 Å². The minimum atomic E-state index is -0.466. The number of rotatable bonds is 5. The van der Waals surface area contributed by atoms with Gasteiger partial charge in [0.15, 0.2) is 0 Å². The molecule has 7 heteroatoms. The van der Waals surface area contributed by atoms with Crippen molar-refractivity contribution in [3.05, 3.63) is 54.7 Å². The van der Waals surface area contributed by atoms with E-state index in [1.54, 1.807) is 23.5 Å². The molecule has 0 bridgehead atoms. The number of hydrogen-bond donors (Lipinski definition) is 1. The molecular weight excluding hydrogens is 342 g/mol. The number of hydrogen-bond acceptors (Lipinski definition) is 5. The van der Waals surface area contributed by atoms with Crippen molar-refractivity contribution in [2.24, 2.45) is 0 Å². The first-order valence-corrected chi connectivity index (χ1v) is 7.57. The molecule has 0 radical (unpaired) electrons. The fourth-order valence-corrected chi connectivity index (χ4v) is 3.47. The lowest BCUT2D eigenvalue weighted by Gasteiger charge is -2.15. The Hall–Kier alpha value is -1.44. The third-order valence-electron chi connectivity index (χ3n) is 2.79. The highest BCUT2D eigenvalue weighted by Crippen LogP contribution is 2.24. The summed E-state index contributed by atoms with van der Waals surface area (Å²) in [6.45, 7) is 1.52. The van der Waals surface area contributed by atoms with Gasteiger partial charge in [0, 0.05) is 33.9 Å². The van der Waals surface area contributed by atoms with E-state index in [2.05, 4.69) is 26.9 Å². The van der Waals surface area contributed by atoms with E-state index in [0.717, 1.165) is 16.6 Å². The Bertz CT molecular complexity index is 630. The lowest BCUT2D eigenvalue weighted by molar-refractivity contribution is -0.383. The molecule has 2 rings (SSSR count). The zero-order valence-corrected chi connectivity index (χ0v) is 13.3. The second-order valence-electron chi connectivity index (χ2n) is 4.55. The van der Waals surface area contributed by atoms with E-state index in [1.807, 2.05) is 12.4 Å². The quantitative estimate of drug-likeness (QED) is 0.504. The van der Waals surface area contributed by atoms with Crippen LogP contribution in [0.15, 0.2) is 34.1 Å². The molecule has 2 aromatic rings. The molecule has 106 valence electrons. The van der Waals surface area contributed by atoms with Crippen molar-refractivity contribution in [2.75, 3.05) is 12.8 Å². The van der Waals surface area contributed by atoms with Gasteiger partial charge in [0.2, 0.25) is 0 Å². The normalized spacial score (nSPS) is 10.9. The predicted octanol–water partition coefficient (Wildman–Crippen LogP) is 3.63. The van der Waals surface area contributed by atoms with E-state index in [9.17, 15) is 10.1 Å². The molecule has 20 heavy (non-hydrogen) atoms. The Morgan fingerprint density at radius 1 is 1.40 bits per heavy atom. The molecule has 0 aliphatic rings. The lowest BCUT2D eigenvalue weighted by atomic mass is 10.1. The number of nitro groups is 1. The van der Waals surface area contributed by atoms with Crippen molar-refractivity contribution in [1.29, 1.82) is 0 Å². The largest absolute Gasteiger partial charge is 0.393 e. The Morgan fingerprint density at radius 2 is 2.15 bits per heavy atom. The van der Waals surface area contributed by atoms with Gasteiger partial charge < -0.3 is 5.73 Å². The number of halogens is 1. The maximum atomic E-state index is 10.7. The van der Waals surface area contributed by atoms with Crippen molar-refractivity contribution in [3.8, 4) is 0 Å². The third kappa shape index (κ3) is 3.78. The summed E-state index contributed by atoms with van der Waals surface area (Å²) in [5.41, 5.74) is 6.82. The van der Waals surface area contributed by atoms with Gasteiger partial charge in [-0.05, 0) is 40.7 Å². The van der Waals surface area contributed by atoms with Crippen LogP contribution in [0.3, 0.4) is 0 Å². The Kier molecular flexibility index (Phi) is 4.74. The summed E-state index contributed by atoms with van der Waals surface area (Å²) >= 11 is 5.13.